The van der Waals surface area contributed by atoms with Gasteiger partial charge >= 0.3 is 0 Å². The third kappa shape index (κ3) is 1.57. The number of benzene rings is 1. The zero-order valence-corrected chi connectivity index (χ0v) is 11.5. The Morgan fingerprint density at radius 2 is 1.90 bits per heavy atom. The fourth-order valence-electron chi connectivity index (χ4n) is 3.12. The first-order chi connectivity index (χ1) is 9.63. The van der Waals surface area contributed by atoms with Gasteiger partial charge in [0.15, 0.2) is 5.13 Å². The average Bonchev–Trinajstić information content (AvgIpc) is 3.01. The van der Waals surface area contributed by atoms with Gasteiger partial charge in [-0.1, -0.05) is 11.3 Å². The lowest BCUT2D eigenvalue weighted by Crippen LogP contribution is -2.46. The summed E-state index contributed by atoms with van der Waals surface area (Å²) >= 11 is 1.35. The summed E-state index contributed by atoms with van der Waals surface area (Å²) in [7, 11) is 0. The molecule has 2 amide bonds. The molecule has 0 spiro atoms. The Hall–Kier alpha value is -1.95. The molecule has 1 saturated carbocycles. The molecule has 4 rings (SSSR count). The Morgan fingerprint density at radius 1 is 1.20 bits per heavy atom. The first-order valence-electron chi connectivity index (χ1n) is 6.67. The molecule has 2 unspecified atom stereocenters. The third-order valence-electron chi connectivity index (χ3n) is 4.16. The Kier molecular flexibility index (Phi) is 2.38. The fourth-order valence-corrected chi connectivity index (χ4v) is 4.14. The van der Waals surface area contributed by atoms with Crippen molar-refractivity contribution in [1.29, 1.82) is 0 Å². The van der Waals surface area contributed by atoms with Crippen LogP contribution in [0.5, 0.6) is 0 Å². The Morgan fingerprint density at radius 3 is 2.60 bits per heavy atom. The summed E-state index contributed by atoms with van der Waals surface area (Å²) < 4.78 is 0.901. The van der Waals surface area contributed by atoms with Crippen LogP contribution in [0.2, 0.25) is 0 Å². The molecule has 1 aliphatic carbocycles. The number of anilines is 2. The van der Waals surface area contributed by atoms with E-state index in [0.29, 0.717) is 17.2 Å². The van der Waals surface area contributed by atoms with E-state index in [-0.39, 0.29) is 23.7 Å². The zero-order valence-electron chi connectivity index (χ0n) is 10.7. The van der Waals surface area contributed by atoms with Gasteiger partial charge in [0.2, 0.25) is 11.8 Å². The van der Waals surface area contributed by atoms with Gasteiger partial charge in [0.1, 0.15) is 0 Å². The number of imide groups is 1. The Labute approximate surface area is 119 Å². The lowest BCUT2D eigenvalue weighted by atomic mass is 9.98. The van der Waals surface area contributed by atoms with Crippen LogP contribution >= 0.6 is 11.3 Å². The minimum absolute atomic E-state index is 0.00483. The maximum atomic E-state index is 12.4. The van der Waals surface area contributed by atoms with Gasteiger partial charge in [-0.25, -0.2) is 9.88 Å². The number of carbonyl (C=O) groups is 2. The molecule has 102 valence electrons. The minimum Gasteiger partial charge on any atom is -0.399 e. The number of aromatic nitrogens is 1. The van der Waals surface area contributed by atoms with E-state index in [1.54, 1.807) is 6.07 Å². The van der Waals surface area contributed by atoms with Gasteiger partial charge in [0.25, 0.3) is 0 Å². The highest BCUT2D eigenvalue weighted by molar-refractivity contribution is 7.22. The minimum atomic E-state index is -0.0872. The van der Waals surface area contributed by atoms with E-state index in [2.05, 4.69) is 4.98 Å². The molecule has 5 nitrogen and oxygen atoms in total. The molecular formula is C14H13N3O2S. The van der Waals surface area contributed by atoms with Crippen LogP contribution in [0.25, 0.3) is 10.2 Å². The molecule has 2 atom stereocenters. The van der Waals surface area contributed by atoms with Gasteiger partial charge in [0, 0.05) is 17.5 Å². The number of hydrogen-bond acceptors (Lipinski definition) is 5. The van der Waals surface area contributed by atoms with Crippen LogP contribution in [-0.4, -0.2) is 16.8 Å². The standard InChI is InChI=1S/C14H13N3O2S/c15-9-3-4-10-11(6-9)20-14(16-10)17-12(18)7-1-2-8(5-7)13(17)19/h3-4,6-8H,1-2,5,15H2. The molecule has 1 aliphatic heterocycles. The summed E-state index contributed by atoms with van der Waals surface area (Å²) in [5.41, 5.74) is 7.18. The largest absolute Gasteiger partial charge is 0.399 e. The van der Waals surface area contributed by atoms with Crippen molar-refractivity contribution in [2.45, 2.75) is 19.3 Å². The molecule has 2 heterocycles. The summed E-state index contributed by atoms with van der Waals surface area (Å²) in [4.78, 5) is 30.5. The van der Waals surface area contributed by atoms with Crippen molar-refractivity contribution < 1.29 is 9.59 Å². The number of fused-ring (bicyclic) bond motifs is 3. The molecule has 2 aromatic rings. The molecular weight excluding hydrogens is 274 g/mol. The number of carbonyl (C=O) groups excluding carboxylic acids is 2. The molecule has 20 heavy (non-hydrogen) atoms. The molecule has 2 aliphatic rings. The number of nitrogen functional groups attached to an aromatic ring is 1. The summed E-state index contributed by atoms with van der Waals surface area (Å²) in [5, 5.41) is 0.484. The lowest BCUT2D eigenvalue weighted by Gasteiger charge is -2.27. The van der Waals surface area contributed by atoms with Crippen LogP contribution in [0.1, 0.15) is 19.3 Å². The van der Waals surface area contributed by atoms with Crippen LogP contribution in [0, 0.1) is 11.8 Å². The quantitative estimate of drug-likeness (QED) is 0.644. The predicted octanol–water partition coefficient (Wildman–Crippen LogP) is 2.17. The van der Waals surface area contributed by atoms with Gasteiger partial charge in [-0.05, 0) is 37.5 Å². The van der Waals surface area contributed by atoms with E-state index in [0.717, 1.165) is 23.1 Å². The maximum Gasteiger partial charge on any atom is 0.238 e. The molecule has 1 aromatic carbocycles. The van der Waals surface area contributed by atoms with Gasteiger partial charge in [-0.2, -0.15) is 0 Å². The molecule has 1 saturated heterocycles. The number of thiazole rings is 1. The van der Waals surface area contributed by atoms with E-state index in [1.165, 1.54) is 16.2 Å². The molecule has 6 heteroatoms. The van der Waals surface area contributed by atoms with Gasteiger partial charge in [-0.3, -0.25) is 9.59 Å². The number of rotatable bonds is 1. The first kappa shape index (κ1) is 11.8. The number of hydrogen-bond donors (Lipinski definition) is 1. The van der Waals surface area contributed by atoms with E-state index in [9.17, 15) is 9.59 Å². The third-order valence-corrected chi connectivity index (χ3v) is 5.17. The van der Waals surface area contributed by atoms with Crippen molar-refractivity contribution >= 4 is 44.2 Å². The van der Waals surface area contributed by atoms with Crippen LogP contribution in [-0.2, 0) is 9.59 Å². The van der Waals surface area contributed by atoms with Crippen molar-refractivity contribution in [2.75, 3.05) is 10.6 Å². The van der Waals surface area contributed by atoms with E-state index < -0.39 is 0 Å². The molecule has 2 N–H and O–H groups in total. The van der Waals surface area contributed by atoms with Crippen LogP contribution < -0.4 is 10.6 Å². The fraction of sp³-hybridized carbons (Fsp3) is 0.357. The normalized spacial score (nSPS) is 25.7. The van der Waals surface area contributed by atoms with Crippen molar-refractivity contribution in [3.63, 3.8) is 0 Å². The Bertz CT molecular complexity index is 717. The van der Waals surface area contributed by atoms with Crippen molar-refractivity contribution in [2.24, 2.45) is 11.8 Å². The van der Waals surface area contributed by atoms with E-state index >= 15 is 0 Å². The van der Waals surface area contributed by atoms with E-state index in [4.69, 9.17) is 5.73 Å². The molecule has 1 aromatic heterocycles. The highest BCUT2D eigenvalue weighted by Gasteiger charge is 2.46. The smallest absolute Gasteiger partial charge is 0.238 e. The van der Waals surface area contributed by atoms with Crippen molar-refractivity contribution in [3.05, 3.63) is 18.2 Å². The topological polar surface area (TPSA) is 76.3 Å². The summed E-state index contributed by atoms with van der Waals surface area (Å²) in [6, 6.07) is 5.41. The van der Waals surface area contributed by atoms with Crippen LogP contribution in [0.3, 0.4) is 0 Å². The monoisotopic (exact) mass is 287 g/mol. The van der Waals surface area contributed by atoms with Crippen LogP contribution in [0.4, 0.5) is 10.8 Å². The summed E-state index contributed by atoms with van der Waals surface area (Å²) in [5.74, 6) is -0.184. The zero-order chi connectivity index (χ0) is 13.9. The number of piperidine rings is 1. The van der Waals surface area contributed by atoms with Crippen molar-refractivity contribution in [1.82, 2.24) is 4.98 Å². The molecule has 2 bridgehead atoms. The maximum absolute atomic E-state index is 12.4. The van der Waals surface area contributed by atoms with Crippen molar-refractivity contribution in [3.8, 4) is 0 Å². The average molecular weight is 287 g/mol. The Balaban J connectivity index is 1.81. The number of amides is 2. The van der Waals surface area contributed by atoms with Gasteiger partial charge in [-0.15, -0.1) is 0 Å². The lowest BCUT2D eigenvalue weighted by molar-refractivity contribution is -0.132. The SMILES string of the molecule is Nc1ccc2nc(N3C(=O)C4CCC(C4)C3=O)sc2c1. The predicted molar refractivity (Wildman–Crippen MR) is 77.4 cm³/mol. The van der Waals surface area contributed by atoms with Crippen LogP contribution in [0.15, 0.2) is 18.2 Å². The summed E-state index contributed by atoms with van der Waals surface area (Å²) in [6.45, 7) is 0. The second-order valence-electron chi connectivity index (χ2n) is 5.44. The molecule has 2 fully saturated rings. The summed E-state index contributed by atoms with van der Waals surface area (Å²) in [6.07, 6.45) is 2.36. The number of nitrogens with zero attached hydrogens (tertiary/aromatic N) is 2. The second kappa shape index (κ2) is 4.02. The first-order valence-corrected chi connectivity index (χ1v) is 7.49. The van der Waals surface area contributed by atoms with Gasteiger partial charge < -0.3 is 5.73 Å². The van der Waals surface area contributed by atoms with E-state index in [1.807, 2.05) is 12.1 Å². The van der Waals surface area contributed by atoms with Gasteiger partial charge in [0.05, 0.1) is 10.2 Å². The highest BCUT2D eigenvalue weighted by Crippen LogP contribution is 2.41. The number of nitrogens with two attached hydrogens (primary N) is 1. The second-order valence-corrected chi connectivity index (χ2v) is 6.45. The highest BCUT2D eigenvalue weighted by atomic mass is 32.1. The molecule has 0 radical (unpaired) electrons.